The van der Waals surface area contributed by atoms with Gasteiger partial charge in [0.1, 0.15) is 11.5 Å². The second-order valence-electron chi connectivity index (χ2n) is 6.62. The van der Waals surface area contributed by atoms with Crippen LogP contribution in [0.15, 0.2) is 34.7 Å². The van der Waals surface area contributed by atoms with Crippen LogP contribution in [-0.4, -0.2) is 43.7 Å². The maximum absolute atomic E-state index is 12.5. The van der Waals surface area contributed by atoms with Crippen LogP contribution in [0.25, 0.3) is 0 Å². The number of carbonyl (C=O) groups is 1. The van der Waals surface area contributed by atoms with Gasteiger partial charge in [0, 0.05) is 25.2 Å². The van der Waals surface area contributed by atoms with Gasteiger partial charge < -0.3 is 14.5 Å². The molecule has 0 spiro atoms. The molecular weight excluding hydrogens is 316 g/mol. The van der Waals surface area contributed by atoms with E-state index in [1.165, 1.54) is 5.56 Å². The molecule has 5 nitrogen and oxygen atoms in total. The number of nitrogens with one attached hydrogen (secondary N) is 1. The summed E-state index contributed by atoms with van der Waals surface area (Å²) in [5.41, 5.74) is 3.01. The molecule has 1 aliphatic heterocycles. The van der Waals surface area contributed by atoms with Crippen molar-refractivity contribution in [1.82, 2.24) is 10.2 Å². The van der Waals surface area contributed by atoms with E-state index in [0.717, 1.165) is 30.2 Å². The van der Waals surface area contributed by atoms with E-state index in [1.807, 2.05) is 51.1 Å². The molecule has 0 aliphatic carbocycles. The van der Waals surface area contributed by atoms with Gasteiger partial charge in [0.25, 0.3) is 5.91 Å². The predicted molar refractivity (Wildman–Crippen MR) is 96.8 cm³/mol. The Balaban J connectivity index is 1.71. The van der Waals surface area contributed by atoms with Gasteiger partial charge in [-0.05, 0) is 56.2 Å². The fraction of sp³-hybridized carbons (Fsp3) is 0.450. The molecule has 25 heavy (non-hydrogen) atoms. The number of carbonyl (C=O) groups excluding carboxylic acids is 1. The Labute approximate surface area is 149 Å². The summed E-state index contributed by atoms with van der Waals surface area (Å²) in [6.07, 6.45) is 0. The fourth-order valence-electron chi connectivity index (χ4n) is 3.11. The summed E-state index contributed by atoms with van der Waals surface area (Å²) in [5.74, 6) is 1.72. The topological polar surface area (TPSA) is 54.7 Å². The van der Waals surface area contributed by atoms with Crippen LogP contribution in [0, 0.1) is 20.8 Å². The Morgan fingerprint density at radius 3 is 2.52 bits per heavy atom. The van der Waals surface area contributed by atoms with Crippen molar-refractivity contribution in [2.45, 2.75) is 26.8 Å². The Bertz CT molecular complexity index is 732. The molecule has 1 aromatic carbocycles. The fourth-order valence-corrected chi connectivity index (χ4v) is 3.11. The number of benzene rings is 1. The zero-order valence-electron chi connectivity index (χ0n) is 15.2. The number of ether oxygens (including phenoxy) is 1. The van der Waals surface area contributed by atoms with Crippen molar-refractivity contribution >= 4 is 5.91 Å². The highest BCUT2D eigenvalue weighted by Gasteiger charge is 2.25. The Morgan fingerprint density at radius 1 is 1.12 bits per heavy atom. The van der Waals surface area contributed by atoms with Crippen LogP contribution in [0.3, 0.4) is 0 Å². The quantitative estimate of drug-likeness (QED) is 0.907. The monoisotopic (exact) mass is 342 g/mol. The number of rotatable bonds is 5. The summed E-state index contributed by atoms with van der Waals surface area (Å²) in [6, 6.07) is 9.78. The first-order valence-corrected chi connectivity index (χ1v) is 8.78. The van der Waals surface area contributed by atoms with Crippen LogP contribution in [0.5, 0.6) is 0 Å². The largest absolute Gasteiger partial charge is 0.465 e. The van der Waals surface area contributed by atoms with Crippen LogP contribution < -0.4 is 5.32 Å². The molecule has 1 aliphatic rings. The normalized spacial score (nSPS) is 16.6. The summed E-state index contributed by atoms with van der Waals surface area (Å²) >= 11 is 0. The Kier molecular flexibility index (Phi) is 5.56. The molecule has 0 radical (unpaired) electrons. The molecule has 3 rings (SSSR count). The third-order valence-electron chi connectivity index (χ3n) is 4.80. The Morgan fingerprint density at radius 2 is 1.88 bits per heavy atom. The van der Waals surface area contributed by atoms with Crippen molar-refractivity contribution in [3.8, 4) is 0 Å². The lowest BCUT2D eigenvalue weighted by Gasteiger charge is -2.33. The summed E-state index contributed by atoms with van der Waals surface area (Å²) in [4.78, 5) is 14.9. The van der Waals surface area contributed by atoms with Gasteiger partial charge in [0.05, 0.1) is 19.3 Å². The summed E-state index contributed by atoms with van der Waals surface area (Å²) in [7, 11) is 0. The second kappa shape index (κ2) is 7.85. The van der Waals surface area contributed by atoms with Gasteiger partial charge in [-0.1, -0.05) is 6.07 Å². The SMILES string of the molecule is Cc1ccc(C(CNC(=O)c2ccc(C)c(C)c2)N2CCOCC2)o1. The van der Waals surface area contributed by atoms with Gasteiger partial charge >= 0.3 is 0 Å². The van der Waals surface area contributed by atoms with Crippen molar-refractivity contribution < 1.29 is 13.9 Å². The molecule has 1 aromatic heterocycles. The molecule has 2 aromatic rings. The van der Waals surface area contributed by atoms with Gasteiger partial charge in [-0.2, -0.15) is 0 Å². The number of hydrogen-bond acceptors (Lipinski definition) is 4. The number of nitrogens with zero attached hydrogens (tertiary/aromatic N) is 1. The predicted octanol–water partition coefficient (Wildman–Crippen LogP) is 3.01. The van der Waals surface area contributed by atoms with Crippen LogP contribution in [0.4, 0.5) is 0 Å². The highest BCUT2D eigenvalue weighted by atomic mass is 16.5. The molecule has 0 saturated carbocycles. The summed E-state index contributed by atoms with van der Waals surface area (Å²) in [5, 5.41) is 3.07. The molecule has 1 saturated heterocycles. The average molecular weight is 342 g/mol. The minimum Gasteiger partial charge on any atom is -0.465 e. The third kappa shape index (κ3) is 4.30. The van der Waals surface area contributed by atoms with Gasteiger partial charge in [-0.25, -0.2) is 0 Å². The van der Waals surface area contributed by atoms with Crippen LogP contribution in [0.2, 0.25) is 0 Å². The number of amides is 1. The first-order valence-electron chi connectivity index (χ1n) is 8.78. The van der Waals surface area contributed by atoms with E-state index in [9.17, 15) is 4.79 Å². The number of morpholine rings is 1. The summed E-state index contributed by atoms with van der Waals surface area (Å²) in [6.45, 7) is 9.61. The summed E-state index contributed by atoms with van der Waals surface area (Å²) < 4.78 is 11.3. The second-order valence-corrected chi connectivity index (χ2v) is 6.62. The van der Waals surface area contributed by atoms with Crippen molar-refractivity contribution in [2.24, 2.45) is 0 Å². The molecule has 1 N–H and O–H groups in total. The maximum atomic E-state index is 12.5. The van der Waals surface area contributed by atoms with E-state index >= 15 is 0 Å². The van der Waals surface area contributed by atoms with E-state index < -0.39 is 0 Å². The van der Waals surface area contributed by atoms with E-state index in [0.29, 0.717) is 25.3 Å². The van der Waals surface area contributed by atoms with Crippen molar-refractivity contribution in [1.29, 1.82) is 0 Å². The van der Waals surface area contributed by atoms with Crippen LogP contribution in [0.1, 0.15) is 39.0 Å². The molecule has 0 bridgehead atoms. The standard InChI is InChI=1S/C20H26N2O3/c1-14-4-6-17(12-15(14)2)20(23)21-13-18(19-7-5-16(3)25-19)22-8-10-24-11-9-22/h4-7,12,18H,8-11,13H2,1-3H3,(H,21,23). The van der Waals surface area contributed by atoms with Crippen LogP contribution in [-0.2, 0) is 4.74 Å². The zero-order valence-corrected chi connectivity index (χ0v) is 15.2. The lowest BCUT2D eigenvalue weighted by molar-refractivity contribution is 0.0117. The lowest BCUT2D eigenvalue weighted by Crippen LogP contribution is -2.43. The number of furan rings is 1. The third-order valence-corrected chi connectivity index (χ3v) is 4.80. The van der Waals surface area contributed by atoms with Crippen molar-refractivity contribution in [2.75, 3.05) is 32.8 Å². The van der Waals surface area contributed by atoms with E-state index in [-0.39, 0.29) is 11.9 Å². The highest BCUT2D eigenvalue weighted by molar-refractivity contribution is 5.94. The van der Waals surface area contributed by atoms with Gasteiger partial charge in [-0.3, -0.25) is 9.69 Å². The average Bonchev–Trinajstić information content (AvgIpc) is 3.04. The van der Waals surface area contributed by atoms with Crippen molar-refractivity contribution in [3.05, 3.63) is 58.5 Å². The van der Waals surface area contributed by atoms with Crippen LogP contribution >= 0.6 is 0 Å². The van der Waals surface area contributed by atoms with E-state index in [2.05, 4.69) is 10.2 Å². The van der Waals surface area contributed by atoms with E-state index in [4.69, 9.17) is 9.15 Å². The molecule has 134 valence electrons. The molecule has 1 fully saturated rings. The molecule has 1 amide bonds. The van der Waals surface area contributed by atoms with Crippen molar-refractivity contribution in [3.63, 3.8) is 0 Å². The molecule has 1 atom stereocenters. The molecular formula is C20H26N2O3. The minimum absolute atomic E-state index is 0.0214. The zero-order chi connectivity index (χ0) is 17.8. The number of hydrogen-bond donors (Lipinski definition) is 1. The highest BCUT2D eigenvalue weighted by Crippen LogP contribution is 2.23. The van der Waals surface area contributed by atoms with E-state index in [1.54, 1.807) is 0 Å². The van der Waals surface area contributed by atoms with Gasteiger partial charge in [0.2, 0.25) is 0 Å². The first kappa shape index (κ1) is 17.7. The smallest absolute Gasteiger partial charge is 0.251 e. The Hall–Kier alpha value is -2.11. The first-order chi connectivity index (χ1) is 12.0. The van der Waals surface area contributed by atoms with Gasteiger partial charge in [0.15, 0.2) is 0 Å². The minimum atomic E-state index is -0.0513. The maximum Gasteiger partial charge on any atom is 0.251 e. The van der Waals surface area contributed by atoms with Gasteiger partial charge in [-0.15, -0.1) is 0 Å². The molecule has 5 heteroatoms. The number of aryl methyl sites for hydroxylation is 3. The lowest BCUT2D eigenvalue weighted by atomic mass is 10.1. The molecule has 1 unspecified atom stereocenters. The molecule has 2 heterocycles.